The highest BCUT2D eigenvalue weighted by Gasteiger charge is 2.11. The monoisotopic (exact) mass is 255 g/mol. The van der Waals surface area contributed by atoms with Gasteiger partial charge in [0.25, 0.3) is 0 Å². The van der Waals surface area contributed by atoms with Crippen molar-refractivity contribution in [3.63, 3.8) is 0 Å². The molecule has 19 heavy (non-hydrogen) atoms. The summed E-state index contributed by atoms with van der Waals surface area (Å²) in [6, 6.07) is 6.39. The van der Waals surface area contributed by atoms with Crippen LogP contribution in [0.3, 0.4) is 0 Å². The minimum atomic E-state index is 0.737. The predicted octanol–water partition coefficient (Wildman–Crippen LogP) is 2.01. The van der Waals surface area contributed by atoms with Crippen LogP contribution < -0.4 is 10.1 Å². The van der Waals surface area contributed by atoms with E-state index in [4.69, 9.17) is 4.74 Å². The maximum absolute atomic E-state index is 5.50. The van der Waals surface area contributed by atoms with E-state index < -0.39 is 0 Å². The molecule has 0 saturated heterocycles. The molecule has 3 rings (SSSR count). The predicted molar refractivity (Wildman–Crippen MR) is 73.0 cm³/mol. The summed E-state index contributed by atoms with van der Waals surface area (Å²) in [5, 5.41) is 3.39. The van der Waals surface area contributed by atoms with Crippen molar-refractivity contribution >= 4 is 0 Å². The molecule has 0 fully saturated rings. The van der Waals surface area contributed by atoms with Crippen molar-refractivity contribution in [3.8, 4) is 5.75 Å². The van der Waals surface area contributed by atoms with Crippen LogP contribution in [0.1, 0.15) is 22.5 Å². The van der Waals surface area contributed by atoms with E-state index in [9.17, 15) is 0 Å². The lowest BCUT2D eigenvalue weighted by Gasteiger charge is -2.06. The molecule has 1 aliphatic heterocycles. The molecular weight excluding hydrogens is 238 g/mol. The van der Waals surface area contributed by atoms with Crippen LogP contribution in [-0.4, -0.2) is 16.6 Å². The minimum absolute atomic E-state index is 0.737. The summed E-state index contributed by atoms with van der Waals surface area (Å²) in [5.74, 6) is 1.04. The Morgan fingerprint density at radius 1 is 1.21 bits per heavy atom. The molecule has 1 aromatic heterocycles. The third-order valence-corrected chi connectivity index (χ3v) is 3.22. The molecule has 0 spiro atoms. The molecule has 2 heterocycles. The van der Waals surface area contributed by atoms with Gasteiger partial charge >= 0.3 is 0 Å². The van der Waals surface area contributed by atoms with Gasteiger partial charge < -0.3 is 10.1 Å². The van der Waals surface area contributed by atoms with Crippen molar-refractivity contribution in [2.24, 2.45) is 0 Å². The molecule has 0 atom stereocenters. The second-order valence-electron chi connectivity index (χ2n) is 4.79. The molecule has 1 aromatic carbocycles. The van der Waals surface area contributed by atoms with E-state index in [-0.39, 0.29) is 0 Å². The first kappa shape index (κ1) is 12.1. The van der Waals surface area contributed by atoms with Gasteiger partial charge in [-0.15, -0.1) is 0 Å². The first-order valence-electron chi connectivity index (χ1n) is 6.54. The van der Waals surface area contributed by atoms with Gasteiger partial charge in [-0.25, -0.2) is 0 Å². The summed E-state index contributed by atoms with van der Waals surface area (Å²) in [7, 11) is 0. The Bertz CT molecular complexity index is 566. The molecule has 0 radical (unpaired) electrons. The molecule has 2 aromatic rings. The zero-order valence-electron chi connectivity index (χ0n) is 11.0. The number of nitrogens with one attached hydrogen (secondary N) is 1. The smallest absolute Gasteiger partial charge is 0.122 e. The Balaban J connectivity index is 1.56. The van der Waals surface area contributed by atoms with Crippen molar-refractivity contribution in [3.05, 3.63) is 53.1 Å². The van der Waals surface area contributed by atoms with E-state index >= 15 is 0 Å². The van der Waals surface area contributed by atoms with Gasteiger partial charge in [0.05, 0.1) is 18.0 Å². The number of aromatic nitrogens is 2. The third-order valence-electron chi connectivity index (χ3n) is 3.22. The van der Waals surface area contributed by atoms with Crippen LogP contribution in [0.5, 0.6) is 5.75 Å². The van der Waals surface area contributed by atoms with Gasteiger partial charge in [-0.2, -0.15) is 0 Å². The normalized spacial score (nSPS) is 13.1. The number of benzene rings is 1. The molecule has 4 heteroatoms. The van der Waals surface area contributed by atoms with Crippen LogP contribution >= 0.6 is 0 Å². The Kier molecular flexibility index (Phi) is 3.42. The van der Waals surface area contributed by atoms with Crippen LogP contribution in [0.25, 0.3) is 0 Å². The number of aryl methyl sites for hydroxylation is 1. The number of hydrogen-bond acceptors (Lipinski definition) is 4. The molecule has 0 amide bonds. The number of hydrogen-bond donors (Lipinski definition) is 1. The number of nitrogens with zero attached hydrogens (tertiary/aromatic N) is 2. The molecule has 0 saturated carbocycles. The van der Waals surface area contributed by atoms with Crippen LogP contribution in [-0.2, 0) is 19.5 Å². The molecule has 4 nitrogen and oxygen atoms in total. The zero-order valence-corrected chi connectivity index (χ0v) is 11.0. The fourth-order valence-corrected chi connectivity index (χ4v) is 2.20. The lowest BCUT2D eigenvalue weighted by Crippen LogP contribution is -2.14. The summed E-state index contributed by atoms with van der Waals surface area (Å²) < 4.78 is 5.50. The lowest BCUT2D eigenvalue weighted by molar-refractivity contribution is 0.357. The largest absolute Gasteiger partial charge is 0.493 e. The van der Waals surface area contributed by atoms with E-state index in [1.54, 1.807) is 6.20 Å². The minimum Gasteiger partial charge on any atom is -0.493 e. The quantitative estimate of drug-likeness (QED) is 0.908. The van der Waals surface area contributed by atoms with Crippen LogP contribution in [0, 0.1) is 6.92 Å². The van der Waals surface area contributed by atoms with Gasteiger partial charge in [-0.1, -0.05) is 12.1 Å². The third kappa shape index (κ3) is 2.90. The molecule has 0 bridgehead atoms. The highest BCUT2D eigenvalue weighted by molar-refractivity contribution is 5.39. The van der Waals surface area contributed by atoms with Gasteiger partial charge in [0, 0.05) is 31.9 Å². The van der Waals surface area contributed by atoms with E-state index in [1.165, 1.54) is 11.1 Å². The lowest BCUT2D eigenvalue weighted by atomic mass is 10.1. The van der Waals surface area contributed by atoms with Crippen molar-refractivity contribution < 1.29 is 4.74 Å². The fraction of sp³-hybridized carbons (Fsp3) is 0.333. The molecule has 1 N–H and O–H groups in total. The molecule has 1 aliphatic rings. The molecule has 0 unspecified atom stereocenters. The summed E-state index contributed by atoms with van der Waals surface area (Å²) in [6.07, 6.45) is 4.63. The maximum atomic E-state index is 5.50. The molecule has 0 aliphatic carbocycles. The van der Waals surface area contributed by atoms with Crippen molar-refractivity contribution in [1.29, 1.82) is 0 Å². The van der Waals surface area contributed by atoms with E-state index in [1.807, 2.05) is 13.1 Å². The maximum Gasteiger partial charge on any atom is 0.122 e. The van der Waals surface area contributed by atoms with Gasteiger partial charge in [0.2, 0.25) is 0 Å². The molecule has 98 valence electrons. The first-order valence-corrected chi connectivity index (χ1v) is 6.54. The van der Waals surface area contributed by atoms with Crippen molar-refractivity contribution in [1.82, 2.24) is 15.3 Å². The highest BCUT2D eigenvalue weighted by atomic mass is 16.5. The summed E-state index contributed by atoms with van der Waals surface area (Å²) in [5.41, 5.74) is 4.51. The number of rotatable bonds is 4. The summed E-state index contributed by atoms with van der Waals surface area (Å²) >= 11 is 0. The second-order valence-corrected chi connectivity index (χ2v) is 4.79. The van der Waals surface area contributed by atoms with E-state index in [0.29, 0.717) is 0 Å². The first-order chi connectivity index (χ1) is 9.31. The second kappa shape index (κ2) is 5.36. The van der Waals surface area contributed by atoms with E-state index in [2.05, 4.69) is 33.5 Å². The van der Waals surface area contributed by atoms with Crippen LogP contribution in [0.4, 0.5) is 0 Å². The highest BCUT2D eigenvalue weighted by Crippen LogP contribution is 2.25. The summed E-state index contributed by atoms with van der Waals surface area (Å²) in [6.45, 7) is 4.33. The zero-order chi connectivity index (χ0) is 13.1. The van der Waals surface area contributed by atoms with Gasteiger partial charge in [-0.05, 0) is 24.1 Å². The Labute approximate surface area is 112 Å². The fourth-order valence-electron chi connectivity index (χ4n) is 2.20. The number of fused-ring (bicyclic) bond motifs is 1. The molecular formula is C15H17N3O. The van der Waals surface area contributed by atoms with Gasteiger partial charge in [-0.3, -0.25) is 9.97 Å². The van der Waals surface area contributed by atoms with Crippen molar-refractivity contribution in [2.75, 3.05) is 6.61 Å². The van der Waals surface area contributed by atoms with Crippen molar-refractivity contribution in [2.45, 2.75) is 26.4 Å². The van der Waals surface area contributed by atoms with Gasteiger partial charge in [0.1, 0.15) is 5.75 Å². The van der Waals surface area contributed by atoms with Crippen LogP contribution in [0.2, 0.25) is 0 Å². The topological polar surface area (TPSA) is 47.0 Å². The van der Waals surface area contributed by atoms with Crippen LogP contribution in [0.15, 0.2) is 30.6 Å². The standard InChI is InChI=1S/C15H17N3O/c1-11-7-18-14(10-17-11)9-16-8-12-2-3-15-13(6-12)4-5-19-15/h2-3,6-7,10,16H,4-5,8-9H2,1H3. The number of ether oxygens (including phenoxy) is 1. The Morgan fingerprint density at radius 2 is 2.16 bits per heavy atom. The Hall–Kier alpha value is -1.94. The average molecular weight is 255 g/mol. The van der Waals surface area contributed by atoms with E-state index in [0.717, 1.165) is 43.3 Å². The Morgan fingerprint density at radius 3 is 3.00 bits per heavy atom. The summed E-state index contributed by atoms with van der Waals surface area (Å²) in [4.78, 5) is 8.56. The average Bonchev–Trinajstić information content (AvgIpc) is 2.88. The SMILES string of the molecule is Cc1cnc(CNCc2ccc3c(c2)CCO3)cn1. The van der Waals surface area contributed by atoms with Gasteiger partial charge in [0.15, 0.2) is 0 Å².